The van der Waals surface area contributed by atoms with Gasteiger partial charge in [-0.1, -0.05) is 23.7 Å². The molecule has 78 valence electrons. The van der Waals surface area contributed by atoms with E-state index in [0.717, 1.165) is 16.4 Å². The summed E-state index contributed by atoms with van der Waals surface area (Å²) in [5.74, 6) is 0.782. The molecule has 0 fully saturated rings. The summed E-state index contributed by atoms with van der Waals surface area (Å²) in [6, 6.07) is 7.64. The minimum absolute atomic E-state index is 0.396. The Labute approximate surface area is 92.7 Å². The highest BCUT2D eigenvalue weighted by Crippen LogP contribution is 2.10. The number of hydrogen-bond donors (Lipinski definition) is 1. The van der Waals surface area contributed by atoms with E-state index in [0.29, 0.717) is 13.1 Å². The number of halogens is 1. The molecular weight excluding hydrogens is 212 g/mol. The average molecular weight is 223 g/mol. The SMILES string of the molecule is NCc1ncnn1Cc1ccc(Cl)cc1. The third-order valence-corrected chi connectivity index (χ3v) is 2.38. The summed E-state index contributed by atoms with van der Waals surface area (Å²) in [7, 11) is 0. The molecular formula is C10H11ClN4. The van der Waals surface area contributed by atoms with Gasteiger partial charge >= 0.3 is 0 Å². The fourth-order valence-electron chi connectivity index (χ4n) is 1.34. The average Bonchev–Trinajstić information content (AvgIpc) is 2.69. The minimum atomic E-state index is 0.396. The third-order valence-electron chi connectivity index (χ3n) is 2.12. The topological polar surface area (TPSA) is 56.7 Å². The maximum atomic E-state index is 5.80. The Hall–Kier alpha value is -1.39. The first-order chi connectivity index (χ1) is 7.29. The lowest BCUT2D eigenvalue weighted by Gasteiger charge is -2.04. The van der Waals surface area contributed by atoms with Gasteiger partial charge in [0.1, 0.15) is 12.2 Å². The van der Waals surface area contributed by atoms with Gasteiger partial charge < -0.3 is 5.73 Å². The van der Waals surface area contributed by atoms with Gasteiger partial charge in [0.2, 0.25) is 0 Å². The van der Waals surface area contributed by atoms with Crippen molar-refractivity contribution in [1.82, 2.24) is 14.8 Å². The van der Waals surface area contributed by atoms with E-state index in [1.54, 1.807) is 4.68 Å². The van der Waals surface area contributed by atoms with Crippen molar-refractivity contribution in [3.8, 4) is 0 Å². The van der Waals surface area contributed by atoms with Gasteiger partial charge in [-0.3, -0.25) is 0 Å². The molecule has 0 amide bonds. The predicted octanol–water partition coefficient (Wildman–Crippen LogP) is 1.44. The smallest absolute Gasteiger partial charge is 0.140 e. The monoisotopic (exact) mass is 222 g/mol. The van der Waals surface area contributed by atoms with Crippen LogP contribution in [0.2, 0.25) is 5.02 Å². The van der Waals surface area contributed by atoms with E-state index in [4.69, 9.17) is 17.3 Å². The maximum absolute atomic E-state index is 5.80. The Morgan fingerprint density at radius 2 is 2.00 bits per heavy atom. The van der Waals surface area contributed by atoms with Crippen LogP contribution in [-0.2, 0) is 13.1 Å². The second-order valence-corrected chi connectivity index (χ2v) is 3.60. The van der Waals surface area contributed by atoms with Crippen LogP contribution >= 0.6 is 11.6 Å². The van der Waals surface area contributed by atoms with Crippen molar-refractivity contribution in [3.63, 3.8) is 0 Å². The van der Waals surface area contributed by atoms with E-state index in [1.807, 2.05) is 24.3 Å². The summed E-state index contributed by atoms with van der Waals surface area (Å²) in [5.41, 5.74) is 6.65. The Balaban J connectivity index is 2.18. The Bertz CT molecular complexity index is 435. The minimum Gasteiger partial charge on any atom is -0.324 e. The standard InChI is InChI=1S/C10H11ClN4/c11-9-3-1-8(2-4-9)6-15-10(5-12)13-7-14-15/h1-4,7H,5-6,12H2. The van der Waals surface area contributed by atoms with E-state index in [1.165, 1.54) is 6.33 Å². The van der Waals surface area contributed by atoms with Crippen molar-refractivity contribution in [2.45, 2.75) is 13.1 Å². The van der Waals surface area contributed by atoms with Gasteiger partial charge in [0.25, 0.3) is 0 Å². The predicted molar refractivity (Wildman–Crippen MR) is 58.5 cm³/mol. The Morgan fingerprint density at radius 1 is 1.27 bits per heavy atom. The van der Waals surface area contributed by atoms with E-state index < -0.39 is 0 Å². The zero-order valence-corrected chi connectivity index (χ0v) is 8.85. The molecule has 4 nitrogen and oxygen atoms in total. The normalized spacial score (nSPS) is 10.5. The molecule has 1 aromatic carbocycles. The lowest BCUT2D eigenvalue weighted by Crippen LogP contribution is -2.10. The van der Waals surface area contributed by atoms with Crippen LogP contribution in [-0.4, -0.2) is 14.8 Å². The molecule has 0 spiro atoms. The summed E-state index contributed by atoms with van der Waals surface area (Å²) in [5, 5.41) is 4.83. The zero-order chi connectivity index (χ0) is 10.7. The number of nitrogens with zero attached hydrogens (tertiary/aromatic N) is 3. The van der Waals surface area contributed by atoms with E-state index in [9.17, 15) is 0 Å². The molecule has 2 rings (SSSR count). The summed E-state index contributed by atoms with van der Waals surface area (Å²) < 4.78 is 1.78. The van der Waals surface area contributed by atoms with Crippen LogP contribution in [0.5, 0.6) is 0 Å². The van der Waals surface area contributed by atoms with Gasteiger partial charge in [0.15, 0.2) is 0 Å². The van der Waals surface area contributed by atoms with Crippen LogP contribution < -0.4 is 5.73 Å². The molecule has 0 saturated heterocycles. The summed E-state index contributed by atoms with van der Waals surface area (Å²) >= 11 is 5.80. The van der Waals surface area contributed by atoms with E-state index in [2.05, 4.69) is 10.1 Å². The molecule has 1 heterocycles. The molecule has 2 aromatic rings. The lowest BCUT2D eigenvalue weighted by molar-refractivity contribution is 0.639. The molecule has 0 unspecified atom stereocenters. The van der Waals surface area contributed by atoms with Crippen molar-refractivity contribution in [3.05, 3.63) is 47.0 Å². The van der Waals surface area contributed by atoms with Crippen molar-refractivity contribution >= 4 is 11.6 Å². The third kappa shape index (κ3) is 2.34. The summed E-state index contributed by atoms with van der Waals surface area (Å²) in [6.45, 7) is 1.07. The van der Waals surface area contributed by atoms with Crippen molar-refractivity contribution in [2.24, 2.45) is 5.73 Å². The van der Waals surface area contributed by atoms with Crippen LogP contribution in [0.1, 0.15) is 11.4 Å². The number of rotatable bonds is 3. The highest BCUT2D eigenvalue weighted by atomic mass is 35.5. The van der Waals surface area contributed by atoms with Gasteiger partial charge in [-0.2, -0.15) is 5.10 Å². The molecule has 0 aliphatic rings. The molecule has 0 bridgehead atoms. The van der Waals surface area contributed by atoms with Crippen molar-refractivity contribution in [2.75, 3.05) is 0 Å². The van der Waals surface area contributed by atoms with Crippen LogP contribution in [0.15, 0.2) is 30.6 Å². The van der Waals surface area contributed by atoms with E-state index >= 15 is 0 Å². The molecule has 0 atom stereocenters. The van der Waals surface area contributed by atoms with Gasteiger partial charge in [-0.15, -0.1) is 0 Å². The number of aromatic nitrogens is 3. The molecule has 0 aliphatic carbocycles. The second-order valence-electron chi connectivity index (χ2n) is 3.16. The number of hydrogen-bond acceptors (Lipinski definition) is 3. The first-order valence-corrected chi connectivity index (χ1v) is 4.98. The maximum Gasteiger partial charge on any atom is 0.140 e. The van der Waals surface area contributed by atoms with E-state index in [-0.39, 0.29) is 0 Å². The molecule has 2 N–H and O–H groups in total. The quantitative estimate of drug-likeness (QED) is 0.855. The fourth-order valence-corrected chi connectivity index (χ4v) is 1.47. The van der Waals surface area contributed by atoms with Crippen LogP contribution in [0, 0.1) is 0 Å². The largest absolute Gasteiger partial charge is 0.324 e. The van der Waals surface area contributed by atoms with Gasteiger partial charge in [-0.05, 0) is 17.7 Å². The van der Waals surface area contributed by atoms with Crippen molar-refractivity contribution < 1.29 is 0 Å². The van der Waals surface area contributed by atoms with Crippen molar-refractivity contribution in [1.29, 1.82) is 0 Å². The van der Waals surface area contributed by atoms with Gasteiger partial charge in [0, 0.05) is 5.02 Å². The molecule has 0 aliphatic heterocycles. The summed E-state index contributed by atoms with van der Waals surface area (Å²) in [4.78, 5) is 4.05. The summed E-state index contributed by atoms with van der Waals surface area (Å²) in [6.07, 6.45) is 1.51. The first-order valence-electron chi connectivity index (χ1n) is 4.61. The molecule has 1 aromatic heterocycles. The molecule has 15 heavy (non-hydrogen) atoms. The van der Waals surface area contributed by atoms with Crippen LogP contribution in [0.3, 0.4) is 0 Å². The zero-order valence-electron chi connectivity index (χ0n) is 8.10. The first kappa shape index (κ1) is 10.1. The Kier molecular flexibility index (Phi) is 2.99. The number of nitrogens with two attached hydrogens (primary N) is 1. The van der Waals surface area contributed by atoms with Gasteiger partial charge in [0.05, 0.1) is 13.1 Å². The lowest BCUT2D eigenvalue weighted by atomic mass is 10.2. The highest BCUT2D eigenvalue weighted by Gasteiger charge is 2.02. The van der Waals surface area contributed by atoms with Crippen LogP contribution in [0.4, 0.5) is 0 Å². The Morgan fingerprint density at radius 3 is 2.67 bits per heavy atom. The second kappa shape index (κ2) is 4.42. The molecule has 0 saturated carbocycles. The number of benzene rings is 1. The molecule has 5 heteroatoms. The van der Waals surface area contributed by atoms with Gasteiger partial charge in [-0.25, -0.2) is 9.67 Å². The van der Waals surface area contributed by atoms with Crippen LogP contribution in [0.25, 0.3) is 0 Å². The molecule has 0 radical (unpaired) electrons. The fraction of sp³-hybridized carbons (Fsp3) is 0.200. The highest BCUT2D eigenvalue weighted by molar-refractivity contribution is 6.30.